The van der Waals surface area contributed by atoms with Gasteiger partial charge in [-0.2, -0.15) is 4.98 Å². The Labute approximate surface area is 235 Å². The average molecular weight is 579 g/mol. The van der Waals surface area contributed by atoms with Gasteiger partial charge < -0.3 is 19.3 Å². The van der Waals surface area contributed by atoms with Crippen LogP contribution in [0.1, 0.15) is 55.8 Å². The number of nitrogens with one attached hydrogen (secondary N) is 2. The molecule has 1 spiro atoms. The zero-order chi connectivity index (χ0) is 28.3. The Morgan fingerprint density at radius 2 is 1.75 bits per heavy atom. The highest BCUT2D eigenvalue weighted by molar-refractivity contribution is 8.01. The second-order valence-corrected chi connectivity index (χ2v) is 11.4. The van der Waals surface area contributed by atoms with Crippen LogP contribution in [-0.4, -0.2) is 66.3 Å². The van der Waals surface area contributed by atoms with Gasteiger partial charge in [-0.3, -0.25) is 14.9 Å². The zero-order valence-corrected chi connectivity index (χ0v) is 23.2. The predicted octanol–water partition coefficient (Wildman–Crippen LogP) is 5.11. The molecule has 2 aliphatic heterocycles. The van der Waals surface area contributed by atoms with E-state index in [-0.39, 0.29) is 55.8 Å². The van der Waals surface area contributed by atoms with E-state index < -0.39 is 17.6 Å². The molecule has 2 aromatic rings. The van der Waals surface area contributed by atoms with Gasteiger partial charge in [-0.1, -0.05) is 0 Å². The lowest BCUT2D eigenvalue weighted by atomic mass is 9.93. The lowest BCUT2D eigenvalue weighted by Gasteiger charge is -2.35. The molecule has 1 saturated carbocycles. The molecule has 0 radical (unpaired) electrons. The molecule has 0 atom stereocenters. The van der Waals surface area contributed by atoms with E-state index in [2.05, 4.69) is 20.0 Å². The molecule has 2 saturated heterocycles. The first kappa shape index (κ1) is 28.3. The van der Waals surface area contributed by atoms with Crippen LogP contribution in [0.15, 0.2) is 24.4 Å². The first-order valence-corrected chi connectivity index (χ1v) is 14.5. The first-order chi connectivity index (χ1) is 19.2. The summed E-state index contributed by atoms with van der Waals surface area (Å²) in [4.78, 5) is 37.3. The Bertz CT molecular complexity index is 1240. The summed E-state index contributed by atoms with van der Waals surface area (Å²) in [6.07, 6.45) is 5.26. The molecule has 5 rings (SSSR count). The number of anilines is 4. The topological polar surface area (TPSA) is 99.7 Å². The predicted molar refractivity (Wildman–Crippen MR) is 149 cm³/mol. The molecular weight excluding hydrogens is 545 g/mol. The second kappa shape index (κ2) is 11.7. The van der Waals surface area contributed by atoms with Crippen LogP contribution < -0.4 is 19.8 Å². The number of piperidine rings is 2. The van der Waals surface area contributed by atoms with Crippen LogP contribution in [0.25, 0.3) is 0 Å². The summed E-state index contributed by atoms with van der Waals surface area (Å²) in [6, 6.07) is 4.53. The fourth-order valence-corrected chi connectivity index (χ4v) is 5.78. The smallest absolute Gasteiger partial charge is 0.317 e. The highest BCUT2D eigenvalue weighted by Crippen LogP contribution is 2.54. The van der Waals surface area contributed by atoms with Gasteiger partial charge in [-0.05, 0) is 68.2 Å². The normalized spacial score (nSPS) is 19.3. The van der Waals surface area contributed by atoms with Crippen molar-refractivity contribution < 1.29 is 27.5 Å². The van der Waals surface area contributed by atoms with Gasteiger partial charge in [0.1, 0.15) is 17.4 Å². The van der Waals surface area contributed by atoms with Gasteiger partial charge in [0.05, 0.1) is 17.9 Å². The number of aromatic nitrogens is 2. The van der Waals surface area contributed by atoms with Crippen molar-refractivity contribution in [2.75, 3.05) is 58.4 Å². The zero-order valence-electron chi connectivity index (χ0n) is 22.4. The molecule has 3 heterocycles. The Morgan fingerprint density at radius 3 is 2.42 bits per heavy atom. The Balaban J connectivity index is 1.34. The van der Waals surface area contributed by atoms with E-state index in [0.717, 1.165) is 24.8 Å². The molecule has 3 fully saturated rings. The quantitative estimate of drug-likeness (QED) is 0.311. The van der Waals surface area contributed by atoms with Crippen molar-refractivity contribution in [3.63, 3.8) is 0 Å². The lowest BCUT2D eigenvalue weighted by molar-refractivity contribution is -0.139. The van der Waals surface area contributed by atoms with Crippen LogP contribution in [0.5, 0.6) is 0 Å². The number of hydrogen-bond acceptors (Lipinski definition) is 9. The van der Waals surface area contributed by atoms with Gasteiger partial charge in [0.2, 0.25) is 5.95 Å². The molecule has 13 heteroatoms. The number of alkyl halides is 2. The van der Waals surface area contributed by atoms with Crippen LogP contribution in [0, 0.1) is 11.2 Å². The summed E-state index contributed by atoms with van der Waals surface area (Å²) in [5.74, 6) is -4.08. The molecule has 1 amide bonds. The minimum atomic E-state index is -2.69. The monoisotopic (exact) mass is 578 g/mol. The fraction of sp³-hybridized carbons (Fsp3) is 0.556. The van der Waals surface area contributed by atoms with Crippen molar-refractivity contribution in [2.24, 2.45) is 5.41 Å². The maximum atomic E-state index is 15.6. The van der Waals surface area contributed by atoms with Crippen LogP contribution in [-0.2, 0) is 9.53 Å². The number of nitrogens with zero attached hydrogens (tertiary/aromatic N) is 4. The summed E-state index contributed by atoms with van der Waals surface area (Å²) in [5.41, 5.74) is 1.13. The Kier molecular flexibility index (Phi) is 8.29. The molecule has 1 aliphatic carbocycles. The molecule has 2 N–H and O–H groups in total. The van der Waals surface area contributed by atoms with Crippen molar-refractivity contribution >= 4 is 47.0 Å². The van der Waals surface area contributed by atoms with E-state index in [0.29, 0.717) is 35.7 Å². The SMILES string of the molecule is CCOC(=O)CSNc1cc(F)c(C(=O)Nc2nccc(N3CCC(F)(F)CC3)n2)c(N2CCC3(CC2)CC3)c1. The number of rotatable bonds is 9. The van der Waals surface area contributed by atoms with E-state index in [1.807, 2.05) is 4.90 Å². The minimum Gasteiger partial charge on any atom is -0.465 e. The van der Waals surface area contributed by atoms with Gasteiger partial charge >= 0.3 is 5.97 Å². The third-order valence-electron chi connectivity index (χ3n) is 7.79. The van der Waals surface area contributed by atoms with Gasteiger partial charge in [0, 0.05) is 50.9 Å². The van der Waals surface area contributed by atoms with Crippen molar-refractivity contribution in [1.82, 2.24) is 9.97 Å². The van der Waals surface area contributed by atoms with Gasteiger partial charge in [-0.25, -0.2) is 18.2 Å². The van der Waals surface area contributed by atoms with Crippen molar-refractivity contribution in [2.45, 2.75) is 51.4 Å². The van der Waals surface area contributed by atoms with Gasteiger partial charge in [0.15, 0.2) is 0 Å². The number of hydrogen-bond donors (Lipinski definition) is 2. The molecule has 1 aromatic carbocycles. The van der Waals surface area contributed by atoms with Crippen LogP contribution in [0.4, 0.5) is 36.3 Å². The lowest BCUT2D eigenvalue weighted by Crippen LogP contribution is -2.39. The van der Waals surface area contributed by atoms with Crippen LogP contribution in [0.3, 0.4) is 0 Å². The van der Waals surface area contributed by atoms with E-state index in [1.54, 1.807) is 24.0 Å². The van der Waals surface area contributed by atoms with Crippen LogP contribution >= 0.6 is 11.9 Å². The minimum absolute atomic E-state index is 0.0343. The maximum Gasteiger partial charge on any atom is 0.317 e. The third kappa shape index (κ3) is 6.73. The summed E-state index contributed by atoms with van der Waals surface area (Å²) in [6.45, 7) is 3.67. The van der Waals surface area contributed by atoms with Crippen molar-refractivity contribution in [3.8, 4) is 0 Å². The van der Waals surface area contributed by atoms with E-state index in [1.165, 1.54) is 25.1 Å². The van der Waals surface area contributed by atoms with Crippen LogP contribution in [0.2, 0.25) is 0 Å². The summed E-state index contributed by atoms with van der Waals surface area (Å²) in [7, 11) is 0. The summed E-state index contributed by atoms with van der Waals surface area (Å²) >= 11 is 1.08. The molecule has 9 nitrogen and oxygen atoms in total. The summed E-state index contributed by atoms with van der Waals surface area (Å²) < 4.78 is 50.7. The number of carbonyl (C=O) groups is 2. The number of amides is 1. The van der Waals surface area contributed by atoms with Crippen molar-refractivity contribution in [3.05, 3.63) is 35.8 Å². The fourth-order valence-electron chi connectivity index (χ4n) is 5.22. The molecule has 0 bridgehead atoms. The van der Waals surface area contributed by atoms with E-state index >= 15 is 4.39 Å². The Hall–Kier alpha value is -3.22. The number of benzene rings is 1. The van der Waals surface area contributed by atoms with E-state index in [9.17, 15) is 18.4 Å². The highest BCUT2D eigenvalue weighted by Gasteiger charge is 2.45. The number of halogens is 3. The van der Waals surface area contributed by atoms with Crippen molar-refractivity contribution in [1.29, 1.82) is 0 Å². The Morgan fingerprint density at radius 1 is 1.05 bits per heavy atom. The van der Waals surface area contributed by atoms with Gasteiger partial charge in [0.25, 0.3) is 11.8 Å². The number of carbonyl (C=O) groups excluding carboxylic acids is 2. The summed E-state index contributed by atoms with van der Waals surface area (Å²) in [5, 5.41) is 2.61. The van der Waals surface area contributed by atoms with Gasteiger partial charge in [-0.15, -0.1) is 0 Å². The van der Waals surface area contributed by atoms with E-state index in [4.69, 9.17) is 4.74 Å². The molecular formula is C27H33F3N6O3S. The average Bonchev–Trinajstić information content (AvgIpc) is 3.67. The molecule has 0 unspecified atom stereocenters. The largest absolute Gasteiger partial charge is 0.465 e. The standard InChI is InChI=1S/C27H33F3N6O3S/c1-2-39-22(37)17-40-34-18-15-19(28)23(20(16-18)35-11-6-26(4-5-26)7-12-35)24(38)33-25-31-10-3-21(32-25)36-13-8-27(29,30)9-14-36/h3,10,15-16,34H,2,4-9,11-14,17H2,1H3,(H,31,32,33,38). The molecule has 1 aromatic heterocycles. The highest BCUT2D eigenvalue weighted by atomic mass is 32.2. The third-order valence-corrected chi connectivity index (χ3v) is 8.55. The first-order valence-electron chi connectivity index (χ1n) is 13.6. The number of ether oxygens (including phenoxy) is 1. The molecule has 40 heavy (non-hydrogen) atoms. The molecule has 216 valence electrons. The maximum absolute atomic E-state index is 15.6. The number of esters is 1. The second-order valence-electron chi connectivity index (χ2n) is 10.6. The molecule has 3 aliphatic rings.